The second-order valence-corrected chi connectivity index (χ2v) is 10.2. The number of allylic oxidation sites excluding steroid dienone is 1. The maximum absolute atomic E-state index is 11.7. The molecule has 0 bridgehead atoms. The lowest BCUT2D eigenvalue weighted by atomic mass is 9.63. The van der Waals surface area contributed by atoms with Crippen molar-refractivity contribution in [1.82, 2.24) is 0 Å². The van der Waals surface area contributed by atoms with Gasteiger partial charge in [-0.2, -0.15) is 0 Å². The predicted molar refractivity (Wildman–Crippen MR) is 106 cm³/mol. The molecule has 2 fully saturated rings. The van der Waals surface area contributed by atoms with Crippen LogP contribution in [-0.4, -0.2) is 15.3 Å². The van der Waals surface area contributed by atoms with Crippen LogP contribution >= 0.6 is 0 Å². The largest absolute Gasteiger partial charge is 0.300 e. The Labute approximate surface area is 149 Å². The van der Waals surface area contributed by atoms with Crippen molar-refractivity contribution in [2.24, 2.45) is 11.3 Å². The average Bonchev–Trinajstić information content (AvgIpc) is 2.63. The zero-order valence-corrected chi connectivity index (χ0v) is 16.5. The molecule has 0 N–H and O–H groups in total. The van der Waals surface area contributed by atoms with Crippen LogP contribution in [0.1, 0.15) is 63.4 Å². The predicted octanol–water partition coefficient (Wildman–Crippen LogP) is 5.42. The third-order valence-corrected chi connectivity index (χ3v) is 8.30. The highest BCUT2D eigenvalue weighted by molar-refractivity contribution is 6.35. The van der Waals surface area contributed by atoms with Crippen molar-refractivity contribution in [3.63, 3.8) is 0 Å². The summed E-state index contributed by atoms with van der Waals surface area (Å²) in [5.74, 6) is 1.32. The molecule has 24 heavy (non-hydrogen) atoms. The molecule has 1 heterocycles. The van der Waals surface area contributed by atoms with Crippen LogP contribution in [0.15, 0.2) is 36.9 Å². The number of benzene rings is 1. The number of hydrogen-bond donors (Lipinski definition) is 0. The fourth-order valence-electron chi connectivity index (χ4n) is 5.14. The number of carbonyl (C=O) groups excluding carboxylic acids is 1. The minimum atomic E-state index is 0.229. The first-order valence-corrected chi connectivity index (χ1v) is 11.9. The maximum atomic E-state index is 11.7. The summed E-state index contributed by atoms with van der Waals surface area (Å²) in [7, 11) is 0.229. The van der Waals surface area contributed by atoms with Gasteiger partial charge in [0, 0.05) is 22.4 Å². The quantitative estimate of drug-likeness (QED) is 0.632. The van der Waals surface area contributed by atoms with E-state index in [4.69, 9.17) is 0 Å². The molecule has 130 valence electrons. The van der Waals surface area contributed by atoms with Crippen LogP contribution in [0.4, 0.5) is 0 Å². The highest BCUT2D eigenvalue weighted by atomic mass is 28.2. The molecular formula is C22H32OSi. The highest BCUT2D eigenvalue weighted by Crippen LogP contribution is 2.50. The maximum Gasteiger partial charge on any atom is 0.132 e. The molecule has 1 saturated carbocycles. The number of Topliss-reactive ketones (excluding diaryl/α,β-unsaturated/α-hetero) is 1. The van der Waals surface area contributed by atoms with Gasteiger partial charge in [-0.1, -0.05) is 61.8 Å². The van der Waals surface area contributed by atoms with Crippen LogP contribution in [0.5, 0.6) is 0 Å². The Morgan fingerprint density at radius 1 is 1.12 bits per heavy atom. The summed E-state index contributed by atoms with van der Waals surface area (Å²) < 4.78 is 0. The lowest BCUT2D eigenvalue weighted by Gasteiger charge is -2.45. The third-order valence-electron chi connectivity index (χ3n) is 6.59. The summed E-state index contributed by atoms with van der Waals surface area (Å²) in [5.41, 5.74) is 3.14. The van der Waals surface area contributed by atoms with Crippen LogP contribution in [0.25, 0.3) is 5.57 Å². The highest BCUT2D eigenvalue weighted by Gasteiger charge is 2.40. The van der Waals surface area contributed by atoms with E-state index in [-0.39, 0.29) is 9.52 Å². The van der Waals surface area contributed by atoms with Gasteiger partial charge >= 0.3 is 0 Å². The van der Waals surface area contributed by atoms with Gasteiger partial charge in [-0.15, -0.1) is 0 Å². The first-order chi connectivity index (χ1) is 11.7. The Morgan fingerprint density at radius 2 is 1.79 bits per heavy atom. The van der Waals surface area contributed by atoms with Crippen molar-refractivity contribution < 1.29 is 4.79 Å². The summed E-state index contributed by atoms with van der Waals surface area (Å²) in [5, 5.41) is 0. The van der Waals surface area contributed by atoms with Crippen LogP contribution in [0.2, 0.25) is 12.1 Å². The van der Waals surface area contributed by atoms with Crippen LogP contribution in [0, 0.1) is 11.3 Å². The number of hydrogen-bond acceptors (Lipinski definition) is 1. The Balaban J connectivity index is 1.58. The zero-order valence-electron chi connectivity index (χ0n) is 15.1. The second kappa shape index (κ2) is 8.29. The van der Waals surface area contributed by atoms with E-state index < -0.39 is 0 Å². The first kappa shape index (κ1) is 17.7. The molecule has 1 aliphatic carbocycles. The molecule has 1 aromatic rings. The van der Waals surface area contributed by atoms with Gasteiger partial charge in [0.15, 0.2) is 0 Å². The van der Waals surface area contributed by atoms with E-state index in [1.54, 1.807) is 0 Å². The van der Waals surface area contributed by atoms with Crippen molar-refractivity contribution in [2.45, 2.75) is 69.9 Å². The van der Waals surface area contributed by atoms with Gasteiger partial charge in [0.2, 0.25) is 0 Å². The fourth-order valence-corrected chi connectivity index (χ4v) is 7.40. The smallest absolute Gasteiger partial charge is 0.132 e. The van der Waals surface area contributed by atoms with Crippen molar-refractivity contribution in [1.29, 1.82) is 0 Å². The van der Waals surface area contributed by atoms with Gasteiger partial charge in [-0.25, -0.2) is 0 Å². The van der Waals surface area contributed by atoms with Crippen molar-refractivity contribution >= 4 is 20.9 Å². The number of ketones is 1. The molecule has 0 spiro atoms. The second-order valence-electron chi connectivity index (χ2n) is 8.06. The molecular weight excluding hydrogens is 308 g/mol. The molecule has 2 heteroatoms. The molecule has 0 aromatic heterocycles. The molecule has 1 aliphatic heterocycles. The van der Waals surface area contributed by atoms with Crippen molar-refractivity contribution in [2.75, 3.05) is 0 Å². The lowest BCUT2D eigenvalue weighted by molar-refractivity contribution is -0.122. The summed E-state index contributed by atoms with van der Waals surface area (Å²) in [6.07, 6.45) is 10.7. The summed E-state index contributed by atoms with van der Waals surface area (Å²) in [4.78, 5) is 11.7. The first-order valence-electron chi connectivity index (χ1n) is 9.94. The fraction of sp³-hybridized carbons (Fsp3) is 0.591. The van der Waals surface area contributed by atoms with E-state index in [2.05, 4.69) is 36.9 Å². The lowest BCUT2D eigenvalue weighted by Crippen LogP contribution is -2.36. The van der Waals surface area contributed by atoms with Gasteiger partial charge in [-0.05, 0) is 54.6 Å². The van der Waals surface area contributed by atoms with E-state index in [0.29, 0.717) is 11.2 Å². The topological polar surface area (TPSA) is 17.1 Å². The van der Waals surface area contributed by atoms with Gasteiger partial charge in [0.05, 0.1) is 0 Å². The molecule has 0 amide bonds. The van der Waals surface area contributed by atoms with E-state index >= 15 is 0 Å². The monoisotopic (exact) mass is 340 g/mol. The summed E-state index contributed by atoms with van der Waals surface area (Å²) in [6, 6.07) is 13.7. The number of rotatable bonds is 6. The minimum Gasteiger partial charge on any atom is -0.300 e. The Hall–Kier alpha value is -1.15. The normalized spacial score (nSPS) is 26.6. The van der Waals surface area contributed by atoms with E-state index in [1.165, 1.54) is 61.7 Å². The van der Waals surface area contributed by atoms with Gasteiger partial charge < -0.3 is 0 Å². The molecule has 1 aromatic carbocycles. The number of carbonyl (C=O) groups is 1. The Morgan fingerprint density at radius 3 is 2.46 bits per heavy atom. The third kappa shape index (κ3) is 4.27. The summed E-state index contributed by atoms with van der Waals surface area (Å²) in [6.45, 7) is 4.31. The van der Waals surface area contributed by atoms with E-state index in [0.717, 1.165) is 25.2 Å². The molecule has 2 aliphatic rings. The van der Waals surface area contributed by atoms with Gasteiger partial charge in [-0.3, -0.25) is 4.79 Å². The molecule has 1 nitrogen and oxygen atoms in total. The van der Waals surface area contributed by atoms with Crippen molar-refractivity contribution in [3.8, 4) is 0 Å². The zero-order chi connectivity index (χ0) is 16.8. The van der Waals surface area contributed by atoms with Crippen LogP contribution in [0.3, 0.4) is 0 Å². The Bertz CT molecular complexity index is 547. The van der Waals surface area contributed by atoms with Crippen LogP contribution in [-0.2, 0) is 4.79 Å². The van der Waals surface area contributed by atoms with Gasteiger partial charge in [0.1, 0.15) is 5.78 Å². The van der Waals surface area contributed by atoms with Gasteiger partial charge in [0.25, 0.3) is 0 Å². The standard InChI is InChI=1S/C22H32OSi/c1-18(19-7-3-2-4-8-19)6-5-13-22(14-16-24-17-15-22)20-9-11-21(23)12-10-20/h2-4,7-8,20H,1,5-6,9-17,24H2. The van der Waals surface area contributed by atoms with Crippen LogP contribution < -0.4 is 0 Å². The average molecular weight is 341 g/mol. The molecule has 0 atom stereocenters. The molecule has 0 unspecified atom stereocenters. The van der Waals surface area contributed by atoms with E-state index in [1.807, 2.05) is 0 Å². The SMILES string of the molecule is C=C(CCCC1(C2CCC(=O)CC2)CC[SiH2]CC1)c1ccccc1. The molecule has 1 saturated heterocycles. The summed E-state index contributed by atoms with van der Waals surface area (Å²) >= 11 is 0. The minimum absolute atomic E-state index is 0.229. The Kier molecular flexibility index (Phi) is 6.10. The molecule has 3 rings (SSSR count). The van der Waals surface area contributed by atoms with E-state index in [9.17, 15) is 4.79 Å². The van der Waals surface area contributed by atoms with Crippen molar-refractivity contribution in [3.05, 3.63) is 42.5 Å². The molecule has 0 radical (unpaired) electrons.